The van der Waals surface area contributed by atoms with Gasteiger partial charge in [-0.15, -0.1) is 9.36 Å². The van der Waals surface area contributed by atoms with Crippen molar-refractivity contribution in [1.82, 2.24) is 9.50 Å². The number of hydrogen-bond acceptors (Lipinski definition) is 2. The van der Waals surface area contributed by atoms with Crippen LogP contribution in [0, 0.1) is 19.1 Å². The van der Waals surface area contributed by atoms with E-state index in [2.05, 4.69) is 4.98 Å². The molecule has 90 valence electrons. The fourth-order valence-corrected chi connectivity index (χ4v) is 2.04. The summed E-state index contributed by atoms with van der Waals surface area (Å²) in [6.45, 7) is 3.91. The van der Waals surface area contributed by atoms with Gasteiger partial charge in [0.2, 0.25) is 0 Å². The van der Waals surface area contributed by atoms with Gasteiger partial charge in [0.1, 0.15) is 0 Å². The van der Waals surface area contributed by atoms with Crippen molar-refractivity contribution in [1.29, 1.82) is 0 Å². The summed E-state index contributed by atoms with van der Waals surface area (Å²) in [5.41, 5.74) is 3.53. The van der Waals surface area contributed by atoms with Crippen LogP contribution in [0.15, 0.2) is 42.5 Å². The maximum absolute atomic E-state index is 12.3. The van der Waals surface area contributed by atoms with Gasteiger partial charge >= 0.3 is 5.82 Å². The van der Waals surface area contributed by atoms with Crippen LogP contribution >= 0.6 is 0 Å². The number of aromatic nitrogens is 3. The van der Waals surface area contributed by atoms with Gasteiger partial charge in [-0.1, -0.05) is 23.8 Å². The van der Waals surface area contributed by atoms with Crippen molar-refractivity contribution in [3.63, 3.8) is 0 Å². The highest BCUT2D eigenvalue weighted by atomic mass is 16.5. The highest BCUT2D eigenvalue weighted by Crippen LogP contribution is 2.16. The fourth-order valence-electron chi connectivity index (χ4n) is 2.04. The lowest BCUT2D eigenvalue weighted by Gasteiger charge is -2.04. The molecule has 0 saturated carbocycles. The Morgan fingerprint density at radius 1 is 1.06 bits per heavy atom. The molecule has 2 aromatic heterocycles. The highest BCUT2D eigenvalue weighted by molar-refractivity contribution is 5.55. The Labute approximate surface area is 105 Å². The first kappa shape index (κ1) is 10.8. The second-order valence-electron chi connectivity index (χ2n) is 4.41. The van der Waals surface area contributed by atoms with Crippen molar-refractivity contribution < 1.29 is 4.85 Å². The zero-order valence-electron chi connectivity index (χ0n) is 10.3. The number of nitrogens with zero attached hydrogens (tertiary/aromatic N) is 3. The van der Waals surface area contributed by atoms with Gasteiger partial charge in [0, 0.05) is 6.07 Å². The normalized spacial score (nSPS) is 11.0. The van der Waals surface area contributed by atoms with Crippen molar-refractivity contribution in [2.45, 2.75) is 13.8 Å². The molecule has 1 aromatic carbocycles. The predicted octanol–water partition coefficient (Wildman–Crippen LogP) is 2.25. The first-order valence-corrected chi connectivity index (χ1v) is 5.82. The van der Waals surface area contributed by atoms with Crippen LogP contribution in [0.4, 0.5) is 0 Å². The van der Waals surface area contributed by atoms with Crippen molar-refractivity contribution in [2.75, 3.05) is 0 Å². The SMILES string of the molecule is Cc1ccc(-c2nc3cccc(C)n3[n+]2[O-])cc1. The lowest BCUT2D eigenvalue weighted by atomic mass is 10.1. The molecule has 4 nitrogen and oxygen atoms in total. The molecule has 0 unspecified atom stereocenters. The maximum Gasteiger partial charge on any atom is 0.355 e. The summed E-state index contributed by atoms with van der Waals surface area (Å²) in [6, 6.07) is 13.4. The molecule has 0 N–H and O–H groups in total. The van der Waals surface area contributed by atoms with Crippen LogP contribution in [-0.4, -0.2) is 9.50 Å². The minimum absolute atomic E-state index is 0.435. The average molecular weight is 239 g/mol. The van der Waals surface area contributed by atoms with Crippen LogP contribution in [0.5, 0.6) is 0 Å². The Morgan fingerprint density at radius 2 is 1.78 bits per heavy atom. The smallest absolute Gasteiger partial charge is 0.355 e. The summed E-state index contributed by atoms with van der Waals surface area (Å²) >= 11 is 0. The van der Waals surface area contributed by atoms with Crippen molar-refractivity contribution in [2.24, 2.45) is 0 Å². The number of aryl methyl sites for hydroxylation is 2. The first-order valence-electron chi connectivity index (χ1n) is 5.82. The van der Waals surface area contributed by atoms with Crippen molar-refractivity contribution in [3.8, 4) is 11.4 Å². The van der Waals surface area contributed by atoms with Gasteiger partial charge < -0.3 is 5.21 Å². The Bertz CT molecular complexity index is 714. The van der Waals surface area contributed by atoms with Crippen LogP contribution in [0.3, 0.4) is 0 Å². The summed E-state index contributed by atoms with van der Waals surface area (Å²) in [4.78, 5) is 5.23. The average Bonchev–Trinajstić information content (AvgIpc) is 2.69. The Balaban J connectivity index is 2.27. The molecule has 0 spiro atoms. The van der Waals surface area contributed by atoms with Gasteiger partial charge in [0.15, 0.2) is 0 Å². The second-order valence-corrected chi connectivity index (χ2v) is 4.41. The summed E-state index contributed by atoms with van der Waals surface area (Å²) in [5, 5.41) is 12.3. The van der Waals surface area contributed by atoms with E-state index in [1.54, 1.807) is 4.52 Å². The molecule has 0 aliphatic rings. The minimum Gasteiger partial charge on any atom is -0.692 e. The molecule has 4 heteroatoms. The molecule has 3 rings (SSSR count). The Kier molecular flexibility index (Phi) is 2.30. The quantitative estimate of drug-likeness (QED) is 0.483. The van der Waals surface area contributed by atoms with Gasteiger partial charge in [0.25, 0.3) is 5.65 Å². The van der Waals surface area contributed by atoms with Gasteiger partial charge in [-0.25, -0.2) is 0 Å². The van der Waals surface area contributed by atoms with Crippen molar-refractivity contribution >= 4 is 5.65 Å². The minimum atomic E-state index is 0.435. The largest absolute Gasteiger partial charge is 0.692 e. The molecular weight excluding hydrogens is 226 g/mol. The molecule has 0 aliphatic carbocycles. The maximum atomic E-state index is 12.3. The molecule has 0 radical (unpaired) electrons. The molecule has 0 aliphatic heterocycles. The first-order chi connectivity index (χ1) is 8.66. The molecule has 0 fully saturated rings. The highest BCUT2D eigenvalue weighted by Gasteiger charge is 2.18. The lowest BCUT2D eigenvalue weighted by Crippen LogP contribution is -2.35. The number of rotatable bonds is 1. The molecular formula is C14H13N3O. The van der Waals surface area contributed by atoms with E-state index in [9.17, 15) is 5.21 Å². The molecule has 3 aromatic rings. The molecule has 0 bridgehead atoms. The Hall–Kier alpha value is -2.36. The van der Waals surface area contributed by atoms with Gasteiger partial charge in [0.05, 0.1) is 11.3 Å². The lowest BCUT2D eigenvalue weighted by molar-refractivity contribution is -0.667. The number of hydrogen-bond donors (Lipinski definition) is 0. The van der Waals surface area contributed by atoms with Crippen LogP contribution in [-0.2, 0) is 0 Å². The van der Waals surface area contributed by atoms with Gasteiger partial charge in [-0.2, -0.15) is 0 Å². The number of benzene rings is 1. The van der Waals surface area contributed by atoms with Gasteiger partial charge in [-0.3, -0.25) is 0 Å². The van der Waals surface area contributed by atoms with E-state index in [-0.39, 0.29) is 0 Å². The molecule has 18 heavy (non-hydrogen) atoms. The van der Waals surface area contributed by atoms with Crippen molar-refractivity contribution in [3.05, 3.63) is 58.9 Å². The molecule has 0 saturated heterocycles. The molecule has 0 amide bonds. The van der Waals surface area contributed by atoms with E-state index in [1.807, 2.05) is 56.3 Å². The fraction of sp³-hybridized carbons (Fsp3) is 0.143. The summed E-state index contributed by atoms with van der Waals surface area (Å²) < 4.78 is 1.56. The zero-order valence-corrected chi connectivity index (χ0v) is 10.3. The number of pyridine rings is 1. The van der Waals surface area contributed by atoms with Crippen LogP contribution in [0.25, 0.3) is 17.0 Å². The Morgan fingerprint density at radius 3 is 2.44 bits per heavy atom. The zero-order chi connectivity index (χ0) is 12.7. The van der Waals surface area contributed by atoms with E-state index in [0.717, 1.165) is 21.7 Å². The third-order valence-electron chi connectivity index (χ3n) is 3.03. The van der Waals surface area contributed by atoms with Crippen LogP contribution in [0.2, 0.25) is 0 Å². The predicted molar refractivity (Wildman–Crippen MR) is 69.1 cm³/mol. The van der Waals surface area contributed by atoms with Crippen LogP contribution in [0.1, 0.15) is 11.3 Å². The topological polar surface area (TPSA) is 44.2 Å². The summed E-state index contributed by atoms with van der Waals surface area (Å²) in [5.74, 6) is 0.435. The monoisotopic (exact) mass is 239 g/mol. The van der Waals surface area contributed by atoms with E-state index >= 15 is 0 Å². The number of fused-ring (bicyclic) bond motifs is 1. The summed E-state index contributed by atoms with van der Waals surface area (Å²) in [7, 11) is 0. The summed E-state index contributed by atoms with van der Waals surface area (Å²) in [6.07, 6.45) is 0. The van der Waals surface area contributed by atoms with Crippen LogP contribution < -0.4 is 4.85 Å². The molecule has 0 atom stereocenters. The second kappa shape index (κ2) is 3.84. The third kappa shape index (κ3) is 1.54. The third-order valence-corrected chi connectivity index (χ3v) is 3.03. The van der Waals surface area contributed by atoms with E-state index < -0.39 is 0 Å². The van der Waals surface area contributed by atoms with E-state index in [1.165, 1.54) is 0 Å². The molecule has 2 heterocycles. The van der Waals surface area contributed by atoms with E-state index in [4.69, 9.17) is 0 Å². The van der Waals surface area contributed by atoms with Gasteiger partial charge in [-0.05, 0) is 37.0 Å². The standard InChI is InChI=1S/C14H13N3O/c1-10-6-8-12(9-7-10)14-15-13-5-3-4-11(2)16(13)17(14)18/h3-9H,1-2H3. The van der Waals surface area contributed by atoms with E-state index in [0.29, 0.717) is 11.5 Å².